The van der Waals surface area contributed by atoms with Crippen LogP contribution in [-0.2, 0) is 4.79 Å². The molecule has 1 amide bonds. The molecule has 0 aromatic heterocycles. The summed E-state index contributed by atoms with van der Waals surface area (Å²) in [5, 5.41) is 2.73. The molecule has 0 spiro atoms. The highest BCUT2D eigenvalue weighted by Gasteiger charge is 2.06. The second kappa shape index (κ2) is 10.0. The van der Waals surface area contributed by atoms with Crippen LogP contribution < -0.4 is 29.0 Å². The molecule has 7 heteroatoms. The SMILES string of the molecule is COc1cccc(OCCNC(=O)COc2cc(OC)cc(OC)c2)c1. The van der Waals surface area contributed by atoms with Gasteiger partial charge in [0.25, 0.3) is 5.91 Å². The molecule has 2 aromatic carbocycles. The molecule has 0 saturated carbocycles. The van der Waals surface area contributed by atoms with E-state index in [4.69, 9.17) is 23.7 Å². The Morgan fingerprint density at radius 3 is 2.04 bits per heavy atom. The Bertz CT molecular complexity index is 697. The molecule has 0 saturated heterocycles. The van der Waals surface area contributed by atoms with E-state index in [0.717, 1.165) is 0 Å². The third-order valence-electron chi connectivity index (χ3n) is 3.43. The molecule has 0 aliphatic heterocycles. The number of carbonyl (C=O) groups excluding carboxylic acids is 1. The maximum atomic E-state index is 11.9. The summed E-state index contributed by atoms with van der Waals surface area (Å²) >= 11 is 0. The van der Waals surface area contributed by atoms with Gasteiger partial charge in [0.2, 0.25) is 0 Å². The summed E-state index contributed by atoms with van der Waals surface area (Å²) in [7, 11) is 4.69. The Labute approximate surface area is 152 Å². The third-order valence-corrected chi connectivity index (χ3v) is 3.43. The van der Waals surface area contributed by atoms with Crippen molar-refractivity contribution < 1.29 is 28.5 Å². The van der Waals surface area contributed by atoms with Crippen LogP contribution in [0.15, 0.2) is 42.5 Å². The highest BCUT2D eigenvalue weighted by molar-refractivity contribution is 5.77. The molecule has 0 aliphatic carbocycles. The van der Waals surface area contributed by atoms with Gasteiger partial charge in [0.05, 0.1) is 27.9 Å². The van der Waals surface area contributed by atoms with E-state index < -0.39 is 0 Å². The van der Waals surface area contributed by atoms with E-state index in [0.29, 0.717) is 41.9 Å². The van der Waals surface area contributed by atoms with Crippen LogP contribution in [0.4, 0.5) is 0 Å². The summed E-state index contributed by atoms with van der Waals surface area (Å²) in [4.78, 5) is 11.9. The Kier molecular flexibility index (Phi) is 7.42. The molecular weight excluding hydrogens is 338 g/mol. The summed E-state index contributed by atoms with van der Waals surface area (Å²) < 4.78 is 26.5. The zero-order valence-electron chi connectivity index (χ0n) is 15.1. The van der Waals surface area contributed by atoms with Crippen LogP contribution in [0, 0.1) is 0 Å². The third kappa shape index (κ3) is 6.08. The minimum absolute atomic E-state index is 0.116. The molecule has 140 valence electrons. The molecule has 0 radical (unpaired) electrons. The topological polar surface area (TPSA) is 75.3 Å². The van der Waals surface area contributed by atoms with Gasteiger partial charge in [-0.2, -0.15) is 0 Å². The average Bonchev–Trinajstić information content (AvgIpc) is 2.69. The predicted molar refractivity (Wildman–Crippen MR) is 96.5 cm³/mol. The molecule has 0 fully saturated rings. The first kappa shape index (κ1) is 19.2. The molecule has 7 nitrogen and oxygen atoms in total. The van der Waals surface area contributed by atoms with Crippen molar-refractivity contribution in [3.8, 4) is 28.7 Å². The fraction of sp³-hybridized carbons (Fsp3) is 0.316. The quantitative estimate of drug-likeness (QED) is 0.655. The molecule has 0 bridgehead atoms. The Morgan fingerprint density at radius 2 is 1.38 bits per heavy atom. The molecule has 26 heavy (non-hydrogen) atoms. The van der Waals surface area contributed by atoms with Gasteiger partial charge in [-0.15, -0.1) is 0 Å². The highest BCUT2D eigenvalue weighted by Crippen LogP contribution is 2.27. The van der Waals surface area contributed by atoms with Crippen LogP contribution in [0.5, 0.6) is 28.7 Å². The number of amides is 1. The van der Waals surface area contributed by atoms with Gasteiger partial charge in [-0.05, 0) is 12.1 Å². The minimum Gasteiger partial charge on any atom is -0.497 e. The van der Waals surface area contributed by atoms with Crippen molar-refractivity contribution in [2.75, 3.05) is 41.1 Å². The Morgan fingerprint density at radius 1 is 0.808 bits per heavy atom. The highest BCUT2D eigenvalue weighted by atomic mass is 16.5. The van der Waals surface area contributed by atoms with Crippen LogP contribution in [0.1, 0.15) is 0 Å². The normalized spacial score (nSPS) is 9.96. The largest absolute Gasteiger partial charge is 0.497 e. The van der Waals surface area contributed by atoms with Crippen LogP contribution in [0.3, 0.4) is 0 Å². The van der Waals surface area contributed by atoms with Crippen molar-refractivity contribution >= 4 is 5.91 Å². The number of ether oxygens (including phenoxy) is 5. The number of methoxy groups -OCH3 is 3. The zero-order chi connectivity index (χ0) is 18.8. The lowest BCUT2D eigenvalue weighted by Gasteiger charge is -2.11. The van der Waals surface area contributed by atoms with Crippen molar-refractivity contribution in [3.63, 3.8) is 0 Å². The smallest absolute Gasteiger partial charge is 0.258 e. The second-order valence-electron chi connectivity index (χ2n) is 5.21. The Balaban J connectivity index is 1.72. The number of carbonyl (C=O) groups is 1. The van der Waals surface area contributed by atoms with Crippen molar-refractivity contribution in [1.29, 1.82) is 0 Å². The first-order chi connectivity index (χ1) is 12.6. The number of nitrogens with one attached hydrogen (secondary N) is 1. The van der Waals surface area contributed by atoms with Crippen molar-refractivity contribution in [1.82, 2.24) is 5.32 Å². The summed E-state index contributed by atoms with van der Waals surface area (Å²) in [5.74, 6) is 2.81. The van der Waals surface area contributed by atoms with Crippen LogP contribution in [-0.4, -0.2) is 47.0 Å². The van der Waals surface area contributed by atoms with E-state index in [1.807, 2.05) is 18.2 Å². The minimum atomic E-state index is -0.249. The molecule has 0 atom stereocenters. The predicted octanol–water partition coefficient (Wildman–Crippen LogP) is 2.29. The van der Waals surface area contributed by atoms with E-state index in [2.05, 4.69) is 5.32 Å². The summed E-state index contributed by atoms with van der Waals surface area (Å²) in [6.07, 6.45) is 0. The summed E-state index contributed by atoms with van der Waals surface area (Å²) in [6.45, 7) is 0.586. The maximum absolute atomic E-state index is 11.9. The molecule has 0 aliphatic rings. The fourth-order valence-corrected chi connectivity index (χ4v) is 2.11. The van der Waals surface area contributed by atoms with Gasteiger partial charge in [-0.3, -0.25) is 4.79 Å². The van der Waals surface area contributed by atoms with Gasteiger partial charge in [-0.1, -0.05) is 6.07 Å². The first-order valence-electron chi connectivity index (χ1n) is 8.04. The van der Waals surface area contributed by atoms with E-state index >= 15 is 0 Å². The lowest BCUT2D eigenvalue weighted by molar-refractivity contribution is -0.123. The van der Waals surface area contributed by atoms with Gasteiger partial charge in [-0.25, -0.2) is 0 Å². The van der Waals surface area contributed by atoms with Gasteiger partial charge >= 0.3 is 0 Å². The van der Waals surface area contributed by atoms with E-state index in [9.17, 15) is 4.79 Å². The van der Waals surface area contributed by atoms with Crippen LogP contribution in [0.2, 0.25) is 0 Å². The fourth-order valence-electron chi connectivity index (χ4n) is 2.11. The molecule has 2 rings (SSSR count). The molecular formula is C19H23NO6. The Hall–Kier alpha value is -3.09. The zero-order valence-corrected chi connectivity index (χ0v) is 15.1. The molecule has 1 N–H and O–H groups in total. The average molecular weight is 361 g/mol. The van der Waals surface area contributed by atoms with Gasteiger partial charge in [0.1, 0.15) is 35.4 Å². The molecule has 0 heterocycles. The number of hydrogen-bond donors (Lipinski definition) is 1. The number of hydrogen-bond acceptors (Lipinski definition) is 6. The van der Waals surface area contributed by atoms with Gasteiger partial charge in [0.15, 0.2) is 6.61 Å². The van der Waals surface area contributed by atoms with E-state index in [1.165, 1.54) is 0 Å². The number of benzene rings is 2. The number of rotatable bonds is 10. The lowest BCUT2D eigenvalue weighted by Crippen LogP contribution is -2.32. The van der Waals surface area contributed by atoms with E-state index in [-0.39, 0.29) is 12.5 Å². The monoisotopic (exact) mass is 361 g/mol. The summed E-state index contributed by atoms with van der Waals surface area (Å²) in [5.41, 5.74) is 0. The van der Waals surface area contributed by atoms with Crippen molar-refractivity contribution in [2.24, 2.45) is 0 Å². The molecule has 0 unspecified atom stereocenters. The van der Waals surface area contributed by atoms with E-state index in [1.54, 1.807) is 45.6 Å². The van der Waals surface area contributed by atoms with Gasteiger partial charge < -0.3 is 29.0 Å². The molecule has 2 aromatic rings. The van der Waals surface area contributed by atoms with Crippen LogP contribution >= 0.6 is 0 Å². The van der Waals surface area contributed by atoms with Crippen molar-refractivity contribution in [3.05, 3.63) is 42.5 Å². The standard InChI is InChI=1S/C19H23NO6/c1-22-14-5-4-6-15(9-14)25-8-7-20-19(21)13-26-18-11-16(23-2)10-17(12-18)24-3/h4-6,9-12H,7-8,13H2,1-3H3,(H,20,21). The summed E-state index contributed by atoms with van der Waals surface area (Å²) in [6, 6.07) is 12.4. The maximum Gasteiger partial charge on any atom is 0.258 e. The lowest BCUT2D eigenvalue weighted by atomic mass is 10.3. The van der Waals surface area contributed by atoms with Gasteiger partial charge in [0, 0.05) is 24.3 Å². The van der Waals surface area contributed by atoms with Crippen molar-refractivity contribution in [2.45, 2.75) is 0 Å². The first-order valence-corrected chi connectivity index (χ1v) is 8.04. The van der Waals surface area contributed by atoms with Crippen LogP contribution in [0.25, 0.3) is 0 Å². The second-order valence-corrected chi connectivity index (χ2v) is 5.21.